The molecule has 8 heteroatoms. The Balaban J connectivity index is 2.64. The van der Waals surface area contributed by atoms with Crippen LogP contribution in [0.25, 0.3) is 6.08 Å². The highest BCUT2D eigenvalue weighted by Gasteiger charge is 2.22. The second kappa shape index (κ2) is 7.39. The van der Waals surface area contributed by atoms with Gasteiger partial charge >= 0.3 is 12.1 Å². The van der Waals surface area contributed by atoms with E-state index in [1.165, 1.54) is 12.5 Å². The third kappa shape index (κ3) is 6.21. The Kier molecular flexibility index (Phi) is 5.85. The zero-order valence-electron chi connectivity index (χ0n) is 12.7. The molecule has 0 spiro atoms. The number of anilines is 1. The minimum Gasteiger partial charge on any atom is -0.480 e. The van der Waals surface area contributed by atoms with Crippen LogP contribution in [0.15, 0.2) is 18.6 Å². The van der Waals surface area contributed by atoms with E-state index in [2.05, 4.69) is 15.3 Å². The van der Waals surface area contributed by atoms with Gasteiger partial charge in [-0.1, -0.05) is 12.2 Å². The van der Waals surface area contributed by atoms with E-state index in [4.69, 9.17) is 15.6 Å². The van der Waals surface area contributed by atoms with Gasteiger partial charge in [0.15, 0.2) is 0 Å². The number of hydrogen-bond donors (Lipinski definition) is 3. The number of hydrogen-bond acceptors (Lipinski definition) is 6. The molecule has 1 heterocycles. The average Bonchev–Trinajstić information content (AvgIpc) is 2.37. The molecule has 1 atom stereocenters. The van der Waals surface area contributed by atoms with Crippen molar-refractivity contribution in [2.24, 2.45) is 0 Å². The maximum atomic E-state index is 11.6. The van der Waals surface area contributed by atoms with Crippen LogP contribution in [0.3, 0.4) is 0 Å². The summed E-state index contributed by atoms with van der Waals surface area (Å²) < 4.78 is 5.02. The number of carbonyl (C=O) groups is 2. The summed E-state index contributed by atoms with van der Waals surface area (Å²) in [4.78, 5) is 30.4. The fraction of sp³-hybridized carbons (Fsp3) is 0.429. The monoisotopic (exact) mass is 308 g/mol. The van der Waals surface area contributed by atoms with E-state index in [1.807, 2.05) is 0 Å². The number of nitrogens with two attached hydrogens (primary N) is 1. The Morgan fingerprint density at radius 3 is 2.73 bits per heavy atom. The molecule has 1 aromatic heterocycles. The van der Waals surface area contributed by atoms with Crippen LogP contribution in [0.1, 0.15) is 32.8 Å². The minimum atomic E-state index is -1.16. The molecular weight excluding hydrogens is 288 g/mol. The summed E-state index contributed by atoms with van der Waals surface area (Å²) in [7, 11) is 0. The van der Waals surface area contributed by atoms with Crippen molar-refractivity contribution >= 4 is 24.0 Å². The molecule has 4 N–H and O–H groups in total. The van der Waals surface area contributed by atoms with Crippen molar-refractivity contribution < 1.29 is 19.4 Å². The van der Waals surface area contributed by atoms with Crippen LogP contribution in [0.2, 0.25) is 0 Å². The van der Waals surface area contributed by atoms with E-state index < -0.39 is 23.7 Å². The maximum Gasteiger partial charge on any atom is 0.408 e. The lowest BCUT2D eigenvalue weighted by atomic mass is 10.1. The van der Waals surface area contributed by atoms with Crippen molar-refractivity contribution in [2.75, 3.05) is 5.73 Å². The standard InChI is InChI=1S/C14H20N4O4/c1-14(2,3)22-13(21)18-10(12(19)20)6-4-5-9-7-16-8-17-11(9)15/h4-5,7-8,10H,6H2,1-3H3,(H,18,21)(H,19,20)(H2,15,16,17)/t10-/m0/s1. The predicted molar refractivity (Wildman–Crippen MR) is 80.9 cm³/mol. The van der Waals surface area contributed by atoms with Gasteiger partial charge in [0.1, 0.15) is 23.8 Å². The van der Waals surface area contributed by atoms with Crippen LogP contribution in [-0.2, 0) is 9.53 Å². The van der Waals surface area contributed by atoms with Gasteiger partial charge in [0.25, 0.3) is 0 Å². The first-order valence-corrected chi connectivity index (χ1v) is 6.63. The molecule has 22 heavy (non-hydrogen) atoms. The van der Waals surface area contributed by atoms with Crippen LogP contribution >= 0.6 is 0 Å². The van der Waals surface area contributed by atoms with Gasteiger partial charge in [-0.05, 0) is 27.2 Å². The van der Waals surface area contributed by atoms with Crippen molar-refractivity contribution in [3.63, 3.8) is 0 Å². The Hall–Kier alpha value is -2.64. The third-order valence-corrected chi connectivity index (χ3v) is 2.43. The molecule has 0 saturated heterocycles. The maximum absolute atomic E-state index is 11.6. The molecule has 0 aliphatic carbocycles. The third-order valence-electron chi connectivity index (χ3n) is 2.43. The lowest BCUT2D eigenvalue weighted by molar-refractivity contribution is -0.139. The second-order valence-corrected chi connectivity index (χ2v) is 5.54. The van der Waals surface area contributed by atoms with Gasteiger partial charge in [0, 0.05) is 11.8 Å². The highest BCUT2D eigenvalue weighted by atomic mass is 16.6. The van der Waals surface area contributed by atoms with E-state index in [0.717, 1.165) is 0 Å². The first kappa shape index (κ1) is 17.4. The Bertz CT molecular complexity index is 566. The normalized spacial score (nSPS) is 12.9. The zero-order chi connectivity index (χ0) is 16.8. The number of aromatic nitrogens is 2. The molecule has 0 aromatic carbocycles. The number of carboxylic acid groups (broad SMARTS) is 1. The number of nitrogens with zero attached hydrogens (tertiary/aromatic N) is 2. The zero-order valence-corrected chi connectivity index (χ0v) is 12.7. The molecule has 1 aromatic rings. The Morgan fingerprint density at radius 2 is 2.18 bits per heavy atom. The summed E-state index contributed by atoms with van der Waals surface area (Å²) >= 11 is 0. The lowest BCUT2D eigenvalue weighted by Crippen LogP contribution is -2.43. The van der Waals surface area contributed by atoms with Gasteiger partial charge in [-0.2, -0.15) is 0 Å². The van der Waals surface area contributed by atoms with Crippen LogP contribution < -0.4 is 11.1 Å². The van der Waals surface area contributed by atoms with Gasteiger partial charge in [-0.25, -0.2) is 19.6 Å². The molecule has 1 rings (SSSR count). The van der Waals surface area contributed by atoms with Crippen LogP contribution in [0.4, 0.5) is 10.6 Å². The number of ether oxygens (including phenoxy) is 1. The number of aliphatic carboxylic acids is 1. The molecule has 0 bridgehead atoms. The number of carbonyl (C=O) groups excluding carboxylic acids is 1. The lowest BCUT2D eigenvalue weighted by Gasteiger charge is -2.21. The van der Waals surface area contributed by atoms with Gasteiger partial charge < -0.3 is 20.9 Å². The molecular formula is C14H20N4O4. The van der Waals surface area contributed by atoms with Gasteiger partial charge in [-0.15, -0.1) is 0 Å². The molecule has 1 amide bonds. The van der Waals surface area contributed by atoms with E-state index in [-0.39, 0.29) is 6.42 Å². The number of rotatable bonds is 5. The van der Waals surface area contributed by atoms with E-state index in [9.17, 15) is 9.59 Å². The number of alkyl carbamates (subject to hydrolysis) is 1. The summed E-state index contributed by atoms with van der Waals surface area (Å²) in [5.74, 6) is -0.869. The van der Waals surface area contributed by atoms with Gasteiger partial charge in [0.05, 0.1) is 0 Å². The molecule has 0 radical (unpaired) electrons. The molecule has 0 fully saturated rings. The highest BCUT2D eigenvalue weighted by Crippen LogP contribution is 2.10. The molecule has 0 saturated carbocycles. The van der Waals surface area contributed by atoms with Crippen molar-refractivity contribution in [1.82, 2.24) is 15.3 Å². The van der Waals surface area contributed by atoms with Crippen molar-refractivity contribution in [2.45, 2.75) is 38.8 Å². The number of carboxylic acids is 1. The molecule has 120 valence electrons. The largest absolute Gasteiger partial charge is 0.480 e. The first-order chi connectivity index (χ1) is 10.2. The average molecular weight is 308 g/mol. The number of nitrogen functional groups attached to an aromatic ring is 1. The minimum absolute atomic E-state index is 0.0723. The summed E-state index contributed by atoms with van der Waals surface area (Å²) in [5, 5.41) is 11.4. The number of nitrogens with one attached hydrogen (secondary N) is 1. The molecule has 0 aliphatic heterocycles. The summed E-state index contributed by atoms with van der Waals surface area (Å²) in [6, 6.07) is -1.10. The predicted octanol–water partition coefficient (Wildman–Crippen LogP) is 1.44. The molecule has 0 aliphatic rings. The summed E-state index contributed by atoms with van der Waals surface area (Å²) in [6.07, 6.45) is 5.29. The second-order valence-electron chi connectivity index (χ2n) is 5.54. The van der Waals surface area contributed by atoms with E-state index >= 15 is 0 Å². The highest BCUT2D eigenvalue weighted by molar-refractivity contribution is 5.80. The van der Waals surface area contributed by atoms with Crippen LogP contribution in [-0.4, -0.2) is 38.8 Å². The molecule has 8 nitrogen and oxygen atoms in total. The fourth-order valence-electron chi connectivity index (χ4n) is 1.48. The Morgan fingerprint density at radius 1 is 1.50 bits per heavy atom. The smallest absolute Gasteiger partial charge is 0.408 e. The van der Waals surface area contributed by atoms with E-state index in [1.54, 1.807) is 32.9 Å². The summed E-state index contributed by atoms with van der Waals surface area (Å²) in [5.41, 5.74) is 5.52. The molecule has 0 unspecified atom stereocenters. The first-order valence-electron chi connectivity index (χ1n) is 6.63. The van der Waals surface area contributed by atoms with E-state index in [0.29, 0.717) is 11.4 Å². The fourth-order valence-corrected chi connectivity index (χ4v) is 1.48. The van der Waals surface area contributed by atoms with Gasteiger partial charge in [0.2, 0.25) is 0 Å². The number of amides is 1. The summed E-state index contributed by atoms with van der Waals surface area (Å²) in [6.45, 7) is 5.08. The van der Waals surface area contributed by atoms with Crippen LogP contribution in [0, 0.1) is 0 Å². The topological polar surface area (TPSA) is 127 Å². The quantitative estimate of drug-likeness (QED) is 0.750. The SMILES string of the molecule is CC(C)(C)OC(=O)N[C@@H](CC=Cc1cncnc1N)C(=O)O. The van der Waals surface area contributed by atoms with Crippen molar-refractivity contribution in [1.29, 1.82) is 0 Å². The van der Waals surface area contributed by atoms with Crippen molar-refractivity contribution in [3.05, 3.63) is 24.2 Å². The van der Waals surface area contributed by atoms with Gasteiger partial charge in [-0.3, -0.25) is 0 Å². The van der Waals surface area contributed by atoms with Crippen molar-refractivity contribution in [3.8, 4) is 0 Å². The van der Waals surface area contributed by atoms with Crippen LogP contribution in [0.5, 0.6) is 0 Å². The Labute approximate surface area is 128 Å².